The molecule has 118 valence electrons. The van der Waals surface area contributed by atoms with Gasteiger partial charge in [-0.05, 0) is 26.2 Å². The lowest BCUT2D eigenvalue weighted by Gasteiger charge is -2.33. The van der Waals surface area contributed by atoms with Crippen molar-refractivity contribution in [3.63, 3.8) is 0 Å². The third-order valence-corrected chi connectivity index (χ3v) is 5.26. The van der Waals surface area contributed by atoms with E-state index in [0.29, 0.717) is 17.4 Å². The number of hydrogen-bond donors (Lipinski definition) is 1. The Balaban J connectivity index is 1.94. The van der Waals surface area contributed by atoms with E-state index in [0.717, 1.165) is 31.7 Å². The summed E-state index contributed by atoms with van der Waals surface area (Å²) in [6.45, 7) is 5.18. The van der Waals surface area contributed by atoms with Crippen LogP contribution in [0.25, 0.3) is 0 Å². The Morgan fingerprint density at radius 1 is 1.38 bits per heavy atom. The lowest BCUT2D eigenvalue weighted by atomic mass is 10.1. The van der Waals surface area contributed by atoms with Crippen molar-refractivity contribution < 1.29 is 8.42 Å². The van der Waals surface area contributed by atoms with Gasteiger partial charge in [0.25, 0.3) is 0 Å². The molecule has 1 aromatic rings. The topological polar surface area (TPSA) is 75.2 Å². The lowest BCUT2D eigenvalue weighted by molar-refractivity contribution is 0.458. The molecule has 8 heteroatoms. The minimum atomic E-state index is -3.14. The molecule has 0 bridgehead atoms. The van der Waals surface area contributed by atoms with Crippen LogP contribution in [0.1, 0.15) is 32.0 Å². The van der Waals surface area contributed by atoms with Crippen molar-refractivity contribution in [1.82, 2.24) is 14.7 Å². The summed E-state index contributed by atoms with van der Waals surface area (Å²) < 4.78 is 26.3. The van der Waals surface area contributed by atoms with Gasteiger partial charge in [-0.25, -0.2) is 23.1 Å². The largest absolute Gasteiger partial charge is 0.356 e. The number of anilines is 1. The van der Waals surface area contributed by atoms with Gasteiger partial charge in [-0.2, -0.15) is 0 Å². The van der Waals surface area contributed by atoms with Crippen LogP contribution in [0.4, 0.5) is 5.82 Å². The fourth-order valence-electron chi connectivity index (χ4n) is 2.49. The molecule has 0 amide bonds. The molecule has 0 saturated carbocycles. The van der Waals surface area contributed by atoms with Gasteiger partial charge in [-0.15, -0.1) is 0 Å². The molecule has 0 aliphatic carbocycles. The van der Waals surface area contributed by atoms with Gasteiger partial charge in [-0.1, -0.05) is 18.5 Å². The predicted molar refractivity (Wildman–Crippen MR) is 84.2 cm³/mol. The zero-order valence-electron chi connectivity index (χ0n) is 12.3. The maximum Gasteiger partial charge on any atom is 0.211 e. The van der Waals surface area contributed by atoms with E-state index in [-0.39, 0.29) is 11.8 Å². The molecule has 1 aliphatic rings. The summed E-state index contributed by atoms with van der Waals surface area (Å²) in [5, 5.41) is 0.434. The zero-order valence-corrected chi connectivity index (χ0v) is 13.9. The van der Waals surface area contributed by atoms with Crippen LogP contribution in [0.3, 0.4) is 0 Å². The number of aromatic nitrogens is 2. The first kappa shape index (κ1) is 16.5. The normalized spacial score (nSPS) is 17.2. The lowest BCUT2D eigenvalue weighted by Crippen LogP contribution is -2.45. The van der Waals surface area contributed by atoms with Crippen molar-refractivity contribution in [2.75, 3.05) is 23.7 Å². The summed E-state index contributed by atoms with van der Waals surface area (Å²) in [6, 6.07) is 1.76. The van der Waals surface area contributed by atoms with Crippen LogP contribution in [0, 0.1) is 6.92 Å². The van der Waals surface area contributed by atoms with Gasteiger partial charge >= 0.3 is 0 Å². The monoisotopic (exact) mass is 332 g/mol. The van der Waals surface area contributed by atoms with E-state index in [1.54, 1.807) is 13.0 Å². The molecule has 1 aromatic heterocycles. The first-order valence-electron chi connectivity index (χ1n) is 7.16. The minimum Gasteiger partial charge on any atom is -0.356 e. The van der Waals surface area contributed by atoms with E-state index >= 15 is 0 Å². The number of piperidine rings is 1. The maximum atomic E-state index is 11.8. The van der Waals surface area contributed by atoms with Crippen molar-refractivity contribution in [3.8, 4) is 0 Å². The highest BCUT2D eigenvalue weighted by molar-refractivity contribution is 7.89. The number of nitrogens with one attached hydrogen (secondary N) is 1. The van der Waals surface area contributed by atoms with E-state index in [1.807, 2.05) is 6.92 Å². The summed E-state index contributed by atoms with van der Waals surface area (Å²) in [7, 11) is -3.14. The maximum absolute atomic E-state index is 11.8. The van der Waals surface area contributed by atoms with Crippen molar-refractivity contribution in [1.29, 1.82) is 0 Å². The Kier molecular flexibility index (Phi) is 5.40. The summed E-state index contributed by atoms with van der Waals surface area (Å²) >= 11 is 5.95. The van der Waals surface area contributed by atoms with Crippen LogP contribution in [-0.2, 0) is 10.0 Å². The molecule has 1 saturated heterocycles. The number of halogens is 1. The number of aryl methyl sites for hydroxylation is 1. The summed E-state index contributed by atoms with van der Waals surface area (Å²) in [5.41, 5.74) is 0. The van der Waals surface area contributed by atoms with Gasteiger partial charge in [0.2, 0.25) is 10.0 Å². The minimum absolute atomic E-state index is 0.0104. The van der Waals surface area contributed by atoms with Crippen LogP contribution in [0.5, 0.6) is 0 Å². The Bertz CT molecular complexity index is 566. The number of nitrogens with zero attached hydrogens (tertiary/aromatic N) is 3. The van der Waals surface area contributed by atoms with Crippen LogP contribution in [-0.4, -0.2) is 43.3 Å². The smallest absolute Gasteiger partial charge is 0.211 e. The molecule has 0 atom stereocenters. The SMILES string of the molecule is CCCS(=O)(=O)NC1CCN(c2cc(Cl)nc(C)n2)CC1. The number of hydrogen-bond acceptors (Lipinski definition) is 5. The molecule has 0 radical (unpaired) electrons. The second kappa shape index (κ2) is 6.89. The molecule has 0 aromatic carbocycles. The fourth-order valence-corrected chi connectivity index (χ4v) is 4.11. The molecule has 2 rings (SSSR count). The quantitative estimate of drug-likeness (QED) is 0.831. The van der Waals surface area contributed by atoms with Gasteiger partial charge < -0.3 is 4.90 Å². The molecule has 1 N–H and O–H groups in total. The first-order chi connectivity index (χ1) is 9.89. The van der Waals surface area contributed by atoms with E-state index < -0.39 is 10.0 Å². The van der Waals surface area contributed by atoms with Crippen LogP contribution < -0.4 is 9.62 Å². The van der Waals surface area contributed by atoms with Crippen LogP contribution in [0.15, 0.2) is 6.07 Å². The Hall–Kier alpha value is -0.920. The highest BCUT2D eigenvalue weighted by Crippen LogP contribution is 2.21. The Morgan fingerprint density at radius 2 is 2.05 bits per heavy atom. The van der Waals surface area contributed by atoms with Crippen molar-refractivity contribution in [2.24, 2.45) is 0 Å². The van der Waals surface area contributed by atoms with E-state index in [9.17, 15) is 8.42 Å². The van der Waals surface area contributed by atoms with Crippen molar-refractivity contribution in [2.45, 2.75) is 39.2 Å². The highest BCUT2D eigenvalue weighted by atomic mass is 35.5. The van der Waals surface area contributed by atoms with E-state index in [4.69, 9.17) is 11.6 Å². The molecule has 1 fully saturated rings. The summed E-state index contributed by atoms with van der Waals surface area (Å²) in [4.78, 5) is 10.5. The number of rotatable bonds is 5. The second-order valence-electron chi connectivity index (χ2n) is 5.29. The molecule has 1 aliphatic heterocycles. The molecule has 21 heavy (non-hydrogen) atoms. The average molecular weight is 333 g/mol. The third-order valence-electron chi connectivity index (χ3n) is 3.43. The molecule has 0 spiro atoms. The Morgan fingerprint density at radius 3 is 2.62 bits per heavy atom. The standard InChI is InChI=1S/C13H21ClN4O2S/c1-3-8-21(19,20)17-11-4-6-18(7-5-11)13-9-12(14)15-10(2)16-13/h9,11,17H,3-8H2,1-2H3. The Labute approximate surface area is 131 Å². The predicted octanol–water partition coefficient (Wildman–Crippen LogP) is 1.74. The molecular formula is C13H21ClN4O2S. The first-order valence-corrected chi connectivity index (χ1v) is 9.19. The summed E-state index contributed by atoms with van der Waals surface area (Å²) in [6.07, 6.45) is 2.17. The number of sulfonamides is 1. The highest BCUT2D eigenvalue weighted by Gasteiger charge is 2.24. The fraction of sp³-hybridized carbons (Fsp3) is 0.692. The van der Waals surface area contributed by atoms with E-state index in [1.165, 1.54) is 0 Å². The molecular weight excluding hydrogens is 312 g/mol. The molecule has 6 nitrogen and oxygen atoms in total. The second-order valence-corrected chi connectivity index (χ2v) is 7.55. The van der Waals surface area contributed by atoms with Crippen LogP contribution >= 0.6 is 11.6 Å². The average Bonchev–Trinajstić information content (AvgIpc) is 2.37. The van der Waals surface area contributed by atoms with E-state index in [2.05, 4.69) is 19.6 Å². The van der Waals surface area contributed by atoms with Crippen molar-refractivity contribution >= 4 is 27.4 Å². The molecule has 2 heterocycles. The van der Waals surface area contributed by atoms with Gasteiger partial charge in [0.1, 0.15) is 16.8 Å². The van der Waals surface area contributed by atoms with Crippen molar-refractivity contribution in [3.05, 3.63) is 17.0 Å². The van der Waals surface area contributed by atoms with Crippen LogP contribution in [0.2, 0.25) is 5.15 Å². The van der Waals surface area contributed by atoms with Gasteiger partial charge in [0, 0.05) is 25.2 Å². The van der Waals surface area contributed by atoms with Gasteiger partial charge in [0.15, 0.2) is 0 Å². The third kappa shape index (κ3) is 4.79. The summed E-state index contributed by atoms with van der Waals surface area (Å²) in [5.74, 6) is 1.64. The molecule has 0 unspecified atom stereocenters. The van der Waals surface area contributed by atoms with Gasteiger partial charge in [0.05, 0.1) is 5.75 Å². The zero-order chi connectivity index (χ0) is 15.5. The van der Waals surface area contributed by atoms with Gasteiger partial charge in [-0.3, -0.25) is 0 Å².